The van der Waals surface area contributed by atoms with Crippen LogP contribution < -0.4 is 4.72 Å². The van der Waals surface area contributed by atoms with Crippen LogP contribution in [0.15, 0.2) is 12.1 Å². The lowest BCUT2D eigenvalue weighted by Crippen LogP contribution is -2.30. The van der Waals surface area contributed by atoms with Crippen LogP contribution in [0.5, 0.6) is 0 Å². The SMILES string of the molecule is CS(=O)(=O)NC(=O)c1cc(F)cc(Cl)c1F. The Morgan fingerprint density at radius 2 is 1.94 bits per heavy atom. The molecule has 16 heavy (non-hydrogen) atoms. The zero-order valence-corrected chi connectivity index (χ0v) is 9.49. The van der Waals surface area contributed by atoms with E-state index in [0.29, 0.717) is 18.4 Å². The second-order valence-corrected chi connectivity index (χ2v) is 5.11. The summed E-state index contributed by atoms with van der Waals surface area (Å²) in [6.45, 7) is 0. The van der Waals surface area contributed by atoms with E-state index >= 15 is 0 Å². The predicted molar refractivity (Wildman–Crippen MR) is 53.7 cm³/mol. The number of nitrogens with one attached hydrogen (secondary N) is 1. The molecule has 8 heteroatoms. The summed E-state index contributed by atoms with van der Waals surface area (Å²) in [5.41, 5.74) is -0.768. The van der Waals surface area contributed by atoms with Crippen LogP contribution in [0, 0.1) is 11.6 Å². The zero-order valence-electron chi connectivity index (χ0n) is 7.92. The minimum atomic E-state index is -3.85. The van der Waals surface area contributed by atoms with E-state index in [2.05, 4.69) is 0 Å². The Hall–Kier alpha value is -1.21. The van der Waals surface area contributed by atoms with Gasteiger partial charge in [-0.1, -0.05) is 11.6 Å². The zero-order chi connectivity index (χ0) is 12.5. The van der Waals surface area contributed by atoms with Gasteiger partial charge in [-0.25, -0.2) is 21.9 Å². The molecular weight excluding hydrogens is 264 g/mol. The van der Waals surface area contributed by atoms with Crippen molar-refractivity contribution in [1.82, 2.24) is 4.72 Å². The minimum absolute atomic E-state index is 0.557. The van der Waals surface area contributed by atoms with E-state index in [1.807, 2.05) is 0 Å². The summed E-state index contributed by atoms with van der Waals surface area (Å²) in [4.78, 5) is 11.2. The lowest BCUT2D eigenvalue weighted by atomic mass is 10.2. The molecule has 0 aliphatic rings. The van der Waals surface area contributed by atoms with E-state index in [1.54, 1.807) is 0 Å². The molecule has 1 aromatic carbocycles. The summed E-state index contributed by atoms with van der Waals surface area (Å²) in [5.74, 6) is -3.39. The molecule has 0 fully saturated rings. The number of halogens is 3. The molecule has 0 unspecified atom stereocenters. The van der Waals surface area contributed by atoms with Crippen molar-refractivity contribution in [3.8, 4) is 0 Å². The Bertz CT molecular complexity index is 544. The predicted octanol–water partition coefficient (Wildman–Crippen LogP) is 1.31. The molecular formula is C8H6ClF2NO3S. The first kappa shape index (κ1) is 12.9. The van der Waals surface area contributed by atoms with Crippen molar-refractivity contribution in [1.29, 1.82) is 0 Å². The third-order valence-electron chi connectivity index (χ3n) is 1.52. The van der Waals surface area contributed by atoms with Crippen LogP contribution in [0.4, 0.5) is 8.78 Å². The third-order valence-corrected chi connectivity index (χ3v) is 2.35. The maximum atomic E-state index is 13.3. The van der Waals surface area contributed by atoms with Gasteiger partial charge in [-0.15, -0.1) is 0 Å². The maximum absolute atomic E-state index is 13.3. The summed E-state index contributed by atoms with van der Waals surface area (Å²) >= 11 is 5.29. The molecule has 0 saturated heterocycles. The normalized spacial score (nSPS) is 11.2. The smallest absolute Gasteiger partial charge is 0.267 e. The summed E-state index contributed by atoms with van der Waals surface area (Å²) in [5, 5.41) is -0.598. The van der Waals surface area contributed by atoms with Crippen molar-refractivity contribution in [3.05, 3.63) is 34.4 Å². The topological polar surface area (TPSA) is 63.2 Å². The molecule has 88 valence electrons. The molecule has 1 amide bonds. The van der Waals surface area contributed by atoms with Crippen molar-refractivity contribution in [2.45, 2.75) is 0 Å². The Kier molecular flexibility index (Phi) is 3.49. The molecule has 0 aliphatic carbocycles. The van der Waals surface area contributed by atoms with Gasteiger partial charge < -0.3 is 0 Å². The van der Waals surface area contributed by atoms with E-state index < -0.39 is 38.2 Å². The minimum Gasteiger partial charge on any atom is -0.268 e. The van der Waals surface area contributed by atoms with Gasteiger partial charge >= 0.3 is 0 Å². The average molecular weight is 270 g/mol. The molecule has 0 radical (unpaired) electrons. The largest absolute Gasteiger partial charge is 0.268 e. The number of carbonyl (C=O) groups is 1. The van der Waals surface area contributed by atoms with Gasteiger partial charge in [0.25, 0.3) is 5.91 Å². The van der Waals surface area contributed by atoms with Gasteiger partial charge in [0.05, 0.1) is 16.8 Å². The van der Waals surface area contributed by atoms with Crippen LogP contribution in [0.25, 0.3) is 0 Å². The summed E-state index contributed by atoms with van der Waals surface area (Å²) in [7, 11) is -3.85. The van der Waals surface area contributed by atoms with Crippen molar-refractivity contribution >= 4 is 27.5 Å². The molecule has 4 nitrogen and oxygen atoms in total. The van der Waals surface area contributed by atoms with Crippen molar-refractivity contribution < 1.29 is 22.0 Å². The van der Waals surface area contributed by atoms with Crippen molar-refractivity contribution in [2.75, 3.05) is 6.26 Å². The highest BCUT2D eigenvalue weighted by Gasteiger charge is 2.18. The molecule has 0 bridgehead atoms. The highest BCUT2D eigenvalue weighted by molar-refractivity contribution is 7.89. The Balaban J connectivity index is 3.19. The number of carbonyl (C=O) groups excluding carboxylic acids is 1. The first-order valence-electron chi connectivity index (χ1n) is 3.87. The van der Waals surface area contributed by atoms with E-state index in [1.165, 1.54) is 4.72 Å². The van der Waals surface area contributed by atoms with E-state index in [-0.39, 0.29) is 0 Å². The van der Waals surface area contributed by atoms with Crippen molar-refractivity contribution in [2.24, 2.45) is 0 Å². The van der Waals surface area contributed by atoms with Crippen molar-refractivity contribution in [3.63, 3.8) is 0 Å². The molecule has 1 aromatic rings. The molecule has 0 aliphatic heterocycles. The third kappa shape index (κ3) is 3.14. The van der Waals surface area contributed by atoms with Crippen LogP contribution in [-0.2, 0) is 10.0 Å². The van der Waals surface area contributed by atoms with Gasteiger partial charge in [-0.05, 0) is 12.1 Å². The maximum Gasteiger partial charge on any atom is 0.267 e. The second kappa shape index (κ2) is 4.34. The van der Waals surface area contributed by atoms with E-state index in [0.717, 1.165) is 0 Å². The Morgan fingerprint density at radius 3 is 2.44 bits per heavy atom. The Labute approximate surface area is 95.3 Å². The molecule has 0 spiro atoms. The quantitative estimate of drug-likeness (QED) is 0.824. The monoisotopic (exact) mass is 269 g/mol. The van der Waals surface area contributed by atoms with E-state index in [9.17, 15) is 22.0 Å². The molecule has 1 N–H and O–H groups in total. The highest BCUT2D eigenvalue weighted by Crippen LogP contribution is 2.20. The van der Waals surface area contributed by atoms with Crippen LogP contribution in [-0.4, -0.2) is 20.6 Å². The number of amides is 1. The first-order chi connectivity index (χ1) is 7.20. The lowest BCUT2D eigenvalue weighted by molar-refractivity contribution is 0.0977. The van der Waals surface area contributed by atoms with Crippen LogP contribution >= 0.6 is 11.6 Å². The summed E-state index contributed by atoms with van der Waals surface area (Å²) < 4.78 is 49.0. The highest BCUT2D eigenvalue weighted by atomic mass is 35.5. The van der Waals surface area contributed by atoms with Gasteiger partial charge in [0, 0.05) is 0 Å². The van der Waals surface area contributed by atoms with Gasteiger partial charge in [-0.3, -0.25) is 4.79 Å². The summed E-state index contributed by atoms with van der Waals surface area (Å²) in [6, 6.07) is 1.23. The number of hydrogen-bond acceptors (Lipinski definition) is 3. The number of sulfonamides is 1. The van der Waals surface area contributed by atoms with Gasteiger partial charge in [-0.2, -0.15) is 0 Å². The van der Waals surface area contributed by atoms with Gasteiger partial charge in [0.15, 0.2) is 5.82 Å². The Morgan fingerprint density at radius 1 is 1.38 bits per heavy atom. The van der Waals surface area contributed by atoms with E-state index in [4.69, 9.17) is 11.6 Å². The fourth-order valence-electron chi connectivity index (χ4n) is 0.945. The molecule has 1 rings (SSSR count). The summed E-state index contributed by atoms with van der Waals surface area (Å²) in [6.07, 6.45) is 0.712. The number of rotatable bonds is 2. The first-order valence-corrected chi connectivity index (χ1v) is 6.14. The number of hydrogen-bond donors (Lipinski definition) is 1. The molecule has 0 heterocycles. The van der Waals surface area contributed by atoms with Crippen LogP contribution in [0.2, 0.25) is 5.02 Å². The fraction of sp³-hybridized carbons (Fsp3) is 0.125. The van der Waals surface area contributed by atoms with Gasteiger partial charge in [0.2, 0.25) is 10.0 Å². The van der Waals surface area contributed by atoms with Gasteiger partial charge in [0.1, 0.15) is 5.82 Å². The van der Waals surface area contributed by atoms with Crippen LogP contribution in [0.3, 0.4) is 0 Å². The second-order valence-electron chi connectivity index (χ2n) is 2.95. The lowest BCUT2D eigenvalue weighted by Gasteiger charge is -2.05. The standard InChI is InChI=1S/C8H6ClF2NO3S/c1-16(14,15)12-8(13)5-2-4(10)3-6(9)7(5)11/h2-3H,1H3,(H,12,13). The average Bonchev–Trinajstić information content (AvgIpc) is 2.08. The molecule has 0 atom stereocenters. The molecule has 0 aromatic heterocycles. The molecule has 0 saturated carbocycles. The number of benzene rings is 1. The fourth-order valence-corrected chi connectivity index (χ4v) is 1.60. The van der Waals surface area contributed by atoms with Crippen LogP contribution in [0.1, 0.15) is 10.4 Å².